The summed E-state index contributed by atoms with van der Waals surface area (Å²) in [5, 5.41) is 0.707. The van der Waals surface area contributed by atoms with Gasteiger partial charge in [0.15, 0.2) is 0 Å². The minimum absolute atomic E-state index is 0.0573. The van der Waals surface area contributed by atoms with Gasteiger partial charge in [0.1, 0.15) is 0 Å². The molecule has 0 aromatic rings. The molecule has 1 rings (SSSR count). The number of carbonyl (C=O) groups is 1. The number of hydrogen-bond acceptors (Lipinski definition) is 3. The van der Waals surface area contributed by atoms with Crippen molar-refractivity contribution in [3.63, 3.8) is 0 Å². The van der Waals surface area contributed by atoms with Crippen LogP contribution in [0.15, 0.2) is 0 Å². The van der Waals surface area contributed by atoms with Gasteiger partial charge in [-0.25, -0.2) is 0 Å². The molecular formula is C10H18O2S. The lowest BCUT2D eigenvalue weighted by Crippen LogP contribution is -2.13. The molecule has 1 aliphatic carbocycles. The second-order valence-corrected chi connectivity index (χ2v) is 4.66. The van der Waals surface area contributed by atoms with E-state index in [1.807, 2.05) is 6.92 Å². The van der Waals surface area contributed by atoms with E-state index in [1.54, 1.807) is 11.8 Å². The van der Waals surface area contributed by atoms with Crippen LogP contribution in [0, 0.1) is 0 Å². The number of hydrogen-bond donors (Lipinski definition) is 0. The minimum Gasteiger partial charge on any atom is -0.465 e. The van der Waals surface area contributed by atoms with E-state index in [1.165, 1.54) is 32.1 Å². The van der Waals surface area contributed by atoms with Crippen LogP contribution < -0.4 is 0 Å². The zero-order chi connectivity index (χ0) is 9.52. The molecule has 0 heterocycles. The molecule has 0 N–H and O–H groups in total. The fourth-order valence-electron chi connectivity index (χ4n) is 1.62. The molecule has 0 aliphatic heterocycles. The molecule has 0 aromatic heterocycles. The van der Waals surface area contributed by atoms with Crippen LogP contribution in [-0.2, 0) is 9.53 Å². The lowest BCUT2D eigenvalue weighted by atomic mass is 10.0. The summed E-state index contributed by atoms with van der Waals surface area (Å²) in [4.78, 5) is 11.0. The first-order valence-corrected chi connectivity index (χ1v) is 6.15. The van der Waals surface area contributed by atoms with Gasteiger partial charge in [-0.3, -0.25) is 4.79 Å². The second kappa shape index (κ2) is 6.30. The molecule has 1 saturated carbocycles. The van der Waals surface area contributed by atoms with Crippen molar-refractivity contribution in [1.82, 2.24) is 0 Å². The SMILES string of the molecule is CCOC(=O)CSC1CCCCC1. The Kier molecular flexibility index (Phi) is 5.28. The van der Waals surface area contributed by atoms with E-state index >= 15 is 0 Å². The van der Waals surface area contributed by atoms with E-state index in [4.69, 9.17) is 4.74 Å². The standard InChI is InChI=1S/C10H18O2S/c1-2-12-10(11)8-13-9-6-4-3-5-7-9/h9H,2-8H2,1H3. The highest BCUT2D eigenvalue weighted by atomic mass is 32.2. The summed E-state index contributed by atoms with van der Waals surface area (Å²) in [7, 11) is 0. The van der Waals surface area contributed by atoms with E-state index in [0.29, 0.717) is 17.6 Å². The first-order valence-electron chi connectivity index (χ1n) is 5.10. The Morgan fingerprint density at radius 1 is 1.38 bits per heavy atom. The Bertz CT molecular complexity index is 153. The largest absolute Gasteiger partial charge is 0.465 e. The lowest BCUT2D eigenvalue weighted by molar-refractivity contribution is -0.139. The van der Waals surface area contributed by atoms with E-state index in [9.17, 15) is 4.79 Å². The number of thioether (sulfide) groups is 1. The van der Waals surface area contributed by atoms with Gasteiger partial charge < -0.3 is 4.74 Å². The van der Waals surface area contributed by atoms with Gasteiger partial charge in [-0.2, -0.15) is 0 Å². The third kappa shape index (κ3) is 4.55. The first kappa shape index (κ1) is 10.9. The van der Waals surface area contributed by atoms with Gasteiger partial charge in [0.25, 0.3) is 0 Å². The van der Waals surface area contributed by atoms with Crippen molar-refractivity contribution in [3.05, 3.63) is 0 Å². The number of carbonyl (C=O) groups excluding carboxylic acids is 1. The van der Waals surface area contributed by atoms with Crippen molar-refractivity contribution in [2.45, 2.75) is 44.3 Å². The molecule has 76 valence electrons. The molecular weight excluding hydrogens is 184 g/mol. The van der Waals surface area contributed by atoms with E-state index in [-0.39, 0.29) is 5.97 Å². The van der Waals surface area contributed by atoms with Crippen molar-refractivity contribution < 1.29 is 9.53 Å². The smallest absolute Gasteiger partial charge is 0.315 e. The van der Waals surface area contributed by atoms with Crippen LogP contribution in [0.2, 0.25) is 0 Å². The highest BCUT2D eigenvalue weighted by Gasteiger charge is 2.15. The monoisotopic (exact) mass is 202 g/mol. The van der Waals surface area contributed by atoms with Crippen LogP contribution >= 0.6 is 11.8 Å². The third-order valence-electron chi connectivity index (χ3n) is 2.29. The van der Waals surface area contributed by atoms with Crippen molar-refractivity contribution in [2.24, 2.45) is 0 Å². The molecule has 1 fully saturated rings. The summed E-state index contributed by atoms with van der Waals surface area (Å²) in [5.41, 5.74) is 0. The van der Waals surface area contributed by atoms with Gasteiger partial charge in [0.2, 0.25) is 0 Å². The highest BCUT2D eigenvalue weighted by molar-refractivity contribution is 8.00. The van der Waals surface area contributed by atoms with Gasteiger partial charge in [-0.05, 0) is 19.8 Å². The zero-order valence-electron chi connectivity index (χ0n) is 8.25. The topological polar surface area (TPSA) is 26.3 Å². The van der Waals surface area contributed by atoms with Gasteiger partial charge in [-0.15, -0.1) is 11.8 Å². The predicted molar refractivity (Wildman–Crippen MR) is 56.0 cm³/mol. The van der Waals surface area contributed by atoms with Gasteiger partial charge in [0, 0.05) is 5.25 Å². The number of ether oxygens (including phenoxy) is 1. The number of esters is 1. The van der Waals surface area contributed by atoms with Gasteiger partial charge in [0.05, 0.1) is 12.4 Å². The Labute approximate surface area is 84.4 Å². The molecule has 0 spiro atoms. The van der Waals surface area contributed by atoms with Crippen molar-refractivity contribution in [1.29, 1.82) is 0 Å². The maximum absolute atomic E-state index is 11.0. The lowest BCUT2D eigenvalue weighted by Gasteiger charge is -2.20. The summed E-state index contributed by atoms with van der Waals surface area (Å²) in [6.07, 6.45) is 6.60. The molecule has 0 unspecified atom stereocenters. The fourth-order valence-corrected chi connectivity index (χ4v) is 2.74. The molecule has 0 amide bonds. The summed E-state index contributed by atoms with van der Waals surface area (Å²) < 4.78 is 4.87. The van der Waals surface area contributed by atoms with Crippen LogP contribution in [0.4, 0.5) is 0 Å². The molecule has 3 heteroatoms. The molecule has 13 heavy (non-hydrogen) atoms. The van der Waals surface area contributed by atoms with Gasteiger partial charge in [-0.1, -0.05) is 19.3 Å². The molecule has 0 aromatic carbocycles. The Morgan fingerprint density at radius 2 is 2.08 bits per heavy atom. The predicted octanol–water partition coefficient (Wildman–Crippen LogP) is 2.62. The maximum atomic E-state index is 11.0. The van der Waals surface area contributed by atoms with Crippen LogP contribution in [-0.4, -0.2) is 23.6 Å². The molecule has 0 radical (unpaired) electrons. The van der Waals surface area contributed by atoms with Crippen molar-refractivity contribution in [2.75, 3.05) is 12.4 Å². The average Bonchev–Trinajstić information content (AvgIpc) is 2.17. The maximum Gasteiger partial charge on any atom is 0.315 e. The molecule has 0 saturated heterocycles. The van der Waals surface area contributed by atoms with Crippen LogP contribution in [0.25, 0.3) is 0 Å². The van der Waals surface area contributed by atoms with E-state index in [0.717, 1.165) is 0 Å². The van der Waals surface area contributed by atoms with E-state index in [2.05, 4.69) is 0 Å². The summed E-state index contributed by atoms with van der Waals surface area (Å²) in [6, 6.07) is 0. The Hall–Kier alpha value is -0.180. The Morgan fingerprint density at radius 3 is 2.69 bits per heavy atom. The van der Waals surface area contributed by atoms with Crippen molar-refractivity contribution in [3.8, 4) is 0 Å². The molecule has 1 aliphatic rings. The normalized spacial score (nSPS) is 18.5. The second-order valence-electron chi connectivity index (χ2n) is 3.38. The van der Waals surface area contributed by atoms with Crippen LogP contribution in [0.5, 0.6) is 0 Å². The summed E-state index contributed by atoms with van der Waals surface area (Å²) in [6.45, 7) is 2.35. The summed E-state index contributed by atoms with van der Waals surface area (Å²) >= 11 is 1.77. The van der Waals surface area contributed by atoms with Crippen LogP contribution in [0.3, 0.4) is 0 Å². The van der Waals surface area contributed by atoms with Crippen molar-refractivity contribution >= 4 is 17.7 Å². The highest BCUT2D eigenvalue weighted by Crippen LogP contribution is 2.27. The zero-order valence-corrected chi connectivity index (χ0v) is 9.07. The summed E-state index contributed by atoms with van der Waals surface area (Å²) in [5.74, 6) is 0.483. The quantitative estimate of drug-likeness (QED) is 0.655. The van der Waals surface area contributed by atoms with Crippen LogP contribution in [0.1, 0.15) is 39.0 Å². The molecule has 0 atom stereocenters. The average molecular weight is 202 g/mol. The fraction of sp³-hybridized carbons (Fsp3) is 0.900. The first-order chi connectivity index (χ1) is 6.33. The third-order valence-corrected chi connectivity index (χ3v) is 3.64. The molecule has 2 nitrogen and oxygen atoms in total. The molecule has 0 bridgehead atoms. The van der Waals surface area contributed by atoms with Gasteiger partial charge >= 0.3 is 5.97 Å². The number of rotatable bonds is 4. The Balaban J connectivity index is 2.06. The minimum atomic E-state index is -0.0573. The van der Waals surface area contributed by atoms with E-state index < -0.39 is 0 Å².